The summed E-state index contributed by atoms with van der Waals surface area (Å²) in [5.41, 5.74) is 6.49. The molecule has 0 radical (unpaired) electrons. The number of anilines is 2. The van der Waals surface area contributed by atoms with Crippen LogP contribution in [0.5, 0.6) is 0 Å². The molecular weight excluding hydrogens is 284 g/mol. The number of amides is 1. The van der Waals surface area contributed by atoms with Crippen LogP contribution in [0.4, 0.5) is 11.0 Å². The fraction of sp³-hybridized carbons (Fsp3) is 0.273. The average Bonchev–Trinajstić information content (AvgIpc) is 2.93. The second kappa shape index (κ2) is 5.70. The van der Waals surface area contributed by atoms with Gasteiger partial charge in [0.05, 0.1) is 11.4 Å². The zero-order valence-electron chi connectivity index (χ0n) is 10.8. The number of carbonyl (C=O) groups excluding carboxylic acids is 2. The number of nitrogens with two attached hydrogens (primary N) is 1. The third-order valence-electron chi connectivity index (χ3n) is 2.28. The second-order valence-electron chi connectivity index (χ2n) is 3.91. The van der Waals surface area contributed by atoms with Crippen LogP contribution in [0.2, 0.25) is 0 Å². The molecule has 1 amide bonds. The number of nitrogens with zero attached hydrogens (tertiary/aromatic N) is 2. The van der Waals surface area contributed by atoms with Crippen molar-refractivity contribution in [1.82, 2.24) is 10.1 Å². The van der Waals surface area contributed by atoms with E-state index in [4.69, 9.17) is 10.5 Å². The van der Waals surface area contributed by atoms with Gasteiger partial charge < -0.3 is 20.3 Å². The number of rotatable bonds is 4. The molecule has 0 aromatic carbocycles. The maximum Gasteiger partial charge on any atom is 0.346 e. The fourth-order valence-electron chi connectivity index (χ4n) is 1.43. The number of esters is 1. The maximum absolute atomic E-state index is 11.8. The van der Waals surface area contributed by atoms with Gasteiger partial charge in [-0.25, -0.2) is 9.78 Å². The lowest BCUT2D eigenvalue weighted by atomic mass is 10.2. The van der Waals surface area contributed by atoms with Crippen molar-refractivity contribution >= 4 is 34.2 Å². The van der Waals surface area contributed by atoms with E-state index >= 15 is 0 Å². The summed E-state index contributed by atoms with van der Waals surface area (Å²) >= 11 is 1.24. The normalized spacial score (nSPS) is 10.3. The van der Waals surface area contributed by atoms with E-state index in [2.05, 4.69) is 20.0 Å². The number of carbonyl (C=O) groups is 2. The van der Waals surface area contributed by atoms with E-state index in [-0.39, 0.29) is 24.0 Å². The number of thiazole rings is 1. The number of aryl methyl sites for hydroxylation is 1. The van der Waals surface area contributed by atoms with Crippen molar-refractivity contribution in [3.63, 3.8) is 0 Å². The summed E-state index contributed by atoms with van der Waals surface area (Å²) in [7, 11) is 0. The molecule has 2 rings (SSSR count). The number of aromatic nitrogens is 2. The number of hydrogen-bond acceptors (Lipinski definition) is 8. The Morgan fingerprint density at radius 2 is 2.30 bits per heavy atom. The predicted octanol–water partition coefficient (Wildman–Crippen LogP) is 1.34. The van der Waals surface area contributed by atoms with Gasteiger partial charge in [-0.05, 0) is 6.92 Å². The summed E-state index contributed by atoms with van der Waals surface area (Å²) in [5.74, 6) is -0.921. The van der Waals surface area contributed by atoms with Gasteiger partial charge in [-0.15, -0.1) is 11.3 Å². The molecule has 9 heteroatoms. The van der Waals surface area contributed by atoms with Gasteiger partial charge in [-0.3, -0.25) is 4.79 Å². The van der Waals surface area contributed by atoms with Crippen LogP contribution in [0.15, 0.2) is 9.90 Å². The van der Waals surface area contributed by atoms with Gasteiger partial charge in [-0.2, -0.15) is 0 Å². The first-order valence-corrected chi connectivity index (χ1v) is 6.46. The molecule has 2 heterocycles. The number of ether oxygens (including phenoxy) is 1. The minimum atomic E-state index is -0.629. The number of nitrogen functional groups attached to an aromatic ring is 1. The molecule has 0 fully saturated rings. The topological polar surface area (TPSA) is 120 Å². The van der Waals surface area contributed by atoms with E-state index in [1.165, 1.54) is 18.3 Å². The highest BCUT2D eigenvalue weighted by Crippen LogP contribution is 2.19. The van der Waals surface area contributed by atoms with Crippen LogP contribution >= 0.6 is 11.3 Å². The van der Waals surface area contributed by atoms with Crippen molar-refractivity contribution < 1.29 is 18.8 Å². The van der Waals surface area contributed by atoms with Crippen LogP contribution in [-0.4, -0.2) is 22.0 Å². The average molecular weight is 296 g/mol. The first-order chi connectivity index (χ1) is 9.47. The molecule has 106 valence electrons. The lowest BCUT2D eigenvalue weighted by Crippen LogP contribution is -2.09. The third kappa shape index (κ3) is 3.12. The Labute approximate surface area is 117 Å². The molecule has 0 spiro atoms. The summed E-state index contributed by atoms with van der Waals surface area (Å²) in [6.07, 6.45) is 0. The number of nitrogens with one attached hydrogen (secondary N) is 1. The Morgan fingerprint density at radius 3 is 2.90 bits per heavy atom. The van der Waals surface area contributed by atoms with Crippen molar-refractivity contribution in [2.75, 3.05) is 11.1 Å². The molecule has 3 N–H and O–H groups in total. The lowest BCUT2D eigenvalue weighted by molar-refractivity contribution is -0.114. The van der Waals surface area contributed by atoms with Gasteiger partial charge in [0.25, 0.3) is 0 Å². The summed E-state index contributed by atoms with van der Waals surface area (Å²) in [4.78, 5) is 26.8. The van der Waals surface area contributed by atoms with Gasteiger partial charge >= 0.3 is 5.97 Å². The van der Waals surface area contributed by atoms with Gasteiger partial charge in [-0.1, -0.05) is 5.16 Å². The van der Waals surface area contributed by atoms with Crippen molar-refractivity contribution in [1.29, 1.82) is 0 Å². The molecular formula is C11H12N4O4S. The zero-order chi connectivity index (χ0) is 14.7. The van der Waals surface area contributed by atoms with Crippen LogP contribution in [-0.2, 0) is 16.1 Å². The molecule has 0 saturated heterocycles. The Bertz CT molecular complexity index is 629. The van der Waals surface area contributed by atoms with Gasteiger partial charge in [0.15, 0.2) is 5.13 Å². The molecule has 0 saturated carbocycles. The van der Waals surface area contributed by atoms with Gasteiger partial charge in [0.1, 0.15) is 12.2 Å². The molecule has 8 nitrogen and oxygen atoms in total. The summed E-state index contributed by atoms with van der Waals surface area (Å²) in [6.45, 7) is 2.95. The van der Waals surface area contributed by atoms with Gasteiger partial charge in [0, 0.05) is 12.3 Å². The van der Waals surface area contributed by atoms with E-state index in [1.807, 2.05) is 0 Å². The van der Waals surface area contributed by atoms with Crippen LogP contribution < -0.4 is 11.1 Å². The molecule has 2 aromatic rings. The summed E-state index contributed by atoms with van der Waals surface area (Å²) in [6, 6.07) is 0. The molecule has 0 unspecified atom stereocenters. The van der Waals surface area contributed by atoms with Crippen molar-refractivity contribution in [2.24, 2.45) is 0 Å². The third-order valence-corrected chi connectivity index (χ3v) is 3.09. The largest absolute Gasteiger partial charge is 0.455 e. The fourth-order valence-corrected chi connectivity index (χ4v) is 2.17. The molecule has 0 bridgehead atoms. The summed E-state index contributed by atoms with van der Waals surface area (Å²) < 4.78 is 9.75. The standard InChI is InChI=1S/C11H12N4O4S/c1-5-8(9(12)19-15-5)10(17)18-3-7-4-20-11(14-7)13-6(2)16/h4H,3,12H2,1-2H3,(H,13,14,16). The SMILES string of the molecule is CC(=O)Nc1nc(COC(=O)c2c(C)noc2N)cs1. The van der Waals surface area contributed by atoms with E-state index in [0.29, 0.717) is 16.5 Å². The smallest absolute Gasteiger partial charge is 0.346 e. The van der Waals surface area contributed by atoms with Crippen LogP contribution in [0, 0.1) is 6.92 Å². The highest BCUT2D eigenvalue weighted by molar-refractivity contribution is 7.13. The monoisotopic (exact) mass is 296 g/mol. The molecule has 0 aliphatic rings. The minimum Gasteiger partial charge on any atom is -0.455 e. The zero-order valence-corrected chi connectivity index (χ0v) is 11.6. The highest BCUT2D eigenvalue weighted by atomic mass is 32.1. The Hall–Kier alpha value is -2.42. The summed E-state index contributed by atoms with van der Waals surface area (Å²) in [5, 5.41) is 8.24. The van der Waals surface area contributed by atoms with Crippen LogP contribution in [0.25, 0.3) is 0 Å². The van der Waals surface area contributed by atoms with E-state index in [0.717, 1.165) is 0 Å². The Morgan fingerprint density at radius 1 is 1.55 bits per heavy atom. The highest BCUT2D eigenvalue weighted by Gasteiger charge is 2.20. The van der Waals surface area contributed by atoms with Crippen molar-refractivity contribution in [3.8, 4) is 0 Å². The quantitative estimate of drug-likeness (QED) is 0.816. The van der Waals surface area contributed by atoms with Gasteiger partial charge in [0.2, 0.25) is 11.8 Å². The minimum absolute atomic E-state index is 0.0288. The molecule has 2 aromatic heterocycles. The predicted molar refractivity (Wildman–Crippen MR) is 71.2 cm³/mol. The Balaban J connectivity index is 1.97. The van der Waals surface area contributed by atoms with E-state index in [9.17, 15) is 9.59 Å². The van der Waals surface area contributed by atoms with E-state index < -0.39 is 5.97 Å². The first-order valence-electron chi connectivity index (χ1n) is 5.58. The molecule has 0 aliphatic carbocycles. The van der Waals surface area contributed by atoms with Crippen LogP contribution in [0.3, 0.4) is 0 Å². The number of hydrogen-bond donors (Lipinski definition) is 2. The second-order valence-corrected chi connectivity index (χ2v) is 4.77. The maximum atomic E-state index is 11.8. The molecule has 0 atom stereocenters. The lowest BCUT2D eigenvalue weighted by Gasteiger charge is -2.01. The molecule has 20 heavy (non-hydrogen) atoms. The molecule has 0 aliphatic heterocycles. The Kier molecular flexibility index (Phi) is 3.99. The van der Waals surface area contributed by atoms with E-state index in [1.54, 1.807) is 12.3 Å². The van der Waals surface area contributed by atoms with Crippen molar-refractivity contribution in [2.45, 2.75) is 20.5 Å². The van der Waals surface area contributed by atoms with Crippen LogP contribution in [0.1, 0.15) is 28.7 Å². The first kappa shape index (κ1) is 14.0. The van der Waals surface area contributed by atoms with Crippen molar-refractivity contribution in [3.05, 3.63) is 22.3 Å².